The molecule has 1 N–H and O–H groups in total. The number of benzene rings is 1. The van der Waals surface area contributed by atoms with E-state index in [1.54, 1.807) is 33.5 Å². The summed E-state index contributed by atoms with van der Waals surface area (Å²) < 4.78 is 29.1. The van der Waals surface area contributed by atoms with Gasteiger partial charge in [-0.3, -0.25) is 0 Å². The maximum absolute atomic E-state index is 13.0. The number of anilines is 1. The second-order valence-corrected chi connectivity index (χ2v) is 9.76. The fourth-order valence-electron chi connectivity index (χ4n) is 3.82. The minimum atomic E-state index is -3.58. The van der Waals surface area contributed by atoms with Crippen molar-refractivity contribution in [2.75, 3.05) is 25.5 Å². The molecule has 0 atom stereocenters. The van der Waals surface area contributed by atoms with Gasteiger partial charge in [0, 0.05) is 44.2 Å². The molecule has 3 heterocycles. The fraction of sp³-hybridized carbons (Fsp3) is 0.368. The van der Waals surface area contributed by atoms with E-state index in [2.05, 4.69) is 27.8 Å². The Kier molecular flexibility index (Phi) is 4.98. The highest BCUT2D eigenvalue weighted by molar-refractivity contribution is 7.89. The molecule has 1 aromatic carbocycles. The molecule has 28 heavy (non-hydrogen) atoms. The first-order chi connectivity index (χ1) is 13.5. The van der Waals surface area contributed by atoms with Crippen LogP contribution in [-0.4, -0.2) is 47.4 Å². The van der Waals surface area contributed by atoms with E-state index >= 15 is 0 Å². The standard InChI is InChI=1S/C19H23N5O2S2/c1-20-18-22-16(13-27-18)19(15-6-4-3-5-7-15)8-10-24(11-9-19)28(25,26)17-12-23(2)14-21-17/h3-7,12-14H,8-11H2,1-2H3,(H,20,22). The molecular weight excluding hydrogens is 394 g/mol. The van der Waals surface area contributed by atoms with Gasteiger partial charge in [-0.25, -0.2) is 18.4 Å². The molecular formula is C19H23N5O2S2. The summed E-state index contributed by atoms with van der Waals surface area (Å²) in [5.41, 5.74) is 1.89. The Labute approximate surface area is 169 Å². The minimum Gasteiger partial charge on any atom is -0.365 e. The Bertz CT molecular complexity index is 1050. The zero-order chi connectivity index (χ0) is 19.8. The molecule has 1 fully saturated rings. The van der Waals surface area contributed by atoms with Crippen LogP contribution in [-0.2, 0) is 22.5 Å². The first-order valence-corrected chi connectivity index (χ1v) is 11.4. The highest BCUT2D eigenvalue weighted by Crippen LogP contribution is 2.43. The SMILES string of the molecule is CNc1nc(C2(c3ccccc3)CCN(S(=O)(=O)c3cn(C)cn3)CC2)cs1. The molecule has 1 aliphatic rings. The number of imidazole rings is 1. The summed E-state index contributed by atoms with van der Waals surface area (Å²) in [6.45, 7) is 0.862. The second-order valence-electron chi connectivity index (χ2n) is 7.02. The summed E-state index contributed by atoms with van der Waals surface area (Å²) in [6, 6.07) is 10.3. The van der Waals surface area contributed by atoms with Gasteiger partial charge in [0.25, 0.3) is 10.0 Å². The number of nitrogens with one attached hydrogen (secondary N) is 1. The largest absolute Gasteiger partial charge is 0.365 e. The van der Waals surface area contributed by atoms with E-state index in [0.29, 0.717) is 25.9 Å². The molecule has 0 spiro atoms. The molecule has 4 rings (SSSR count). The van der Waals surface area contributed by atoms with Gasteiger partial charge in [-0.05, 0) is 18.4 Å². The van der Waals surface area contributed by atoms with Crippen LogP contribution in [0.15, 0.2) is 53.3 Å². The lowest BCUT2D eigenvalue weighted by Crippen LogP contribution is -2.46. The summed E-state index contributed by atoms with van der Waals surface area (Å²) in [6.07, 6.45) is 4.42. The third kappa shape index (κ3) is 3.23. The number of aromatic nitrogens is 3. The number of sulfonamides is 1. The zero-order valence-corrected chi connectivity index (χ0v) is 17.5. The summed E-state index contributed by atoms with van der Waals surface area (Å²) in [5.74, 6) is 0. The van der Waals surface area contributed by atoms with E-state index < -0.39 is 10.0 Å². The van der Waals surface area contributed by atoms with Crippen molar-refractivity contribution in [3.05, 3.63) is 59.5 Å². The van der Waals surface area contributed by atoms with Crippen molar-refractivity contribution < 1.29 is 8.42 Å². The molecule has 1 aliphatic heterocycles. The molecule has 9 heteroatoms. The van der Waals surface area contributed by atoms with Crippen molar-refractivity contribution in [2.24, 2.45) is 7.05 Å². The quantitative estimate of drug-likeness (QED) is 0.690. The molecule has 1 saturated heterocycles. The Morgan fingerprint density at radius 2 is 1.89 bits per heavy atom. The summed E-state index contributed by atoms with van der Waals surface area (Å²) in [4.78, 5) is 8.82. The van der Waals surface area contributed by atoms with Gasteiger partial charge in [0.05, 0.1) is 12.0 Å². The number of hydrogen-bond donors (Lipinski definition) is 1. The Balaban J connectivity index is 1.66. The van der Waals surface area contributed by atoms with Crippen LogP contribution in [0, 0.1) is 0 Å². The van der Waals surface area contributed by atoms with E-state index in [1.807, 2.05) is 25.2 Å². The smallest absolute Gasteiger partial charge is 0.262 e. The topological polar surface area (TPSA) is 80.1 Å². The number of nitrogens with zero attached hydrogens (tertiary/aromatic N) is 4. The average molecular weight is 418 g/mol. The molecule has 2 aromatic heterocycles. The van der Waals surface area contributed by atoms with Gasteiger partial charge in [0.15, 0.2) is 10.2 Å². The van der Waals surface area contributed by atoms with Crippen LogP contribution in [0.3, 0.4) is 0 Å². The third-order valence-corrected chi connectivity index (χ3v) is 8.04. The molecule has 0 amide bonds. The molecule has 3 aromatic rings. The maximum Gasteiger partial charge on any atom is 0.262 e. The predicted molar refractivity (Wildman–Crippen MR) is 110 cm³/mol. The van der Waals surface area contributed by atoms with E-state index in [1.165, 1.54) is 11.9 Å². The van der Waals surface area contributed by atoms with Crippen molar-refractivity contribution in [3.8, 4) is 0 Å². The lowest BCUT2D eigenvalue weighted by molar-refractivity contribution is 0.262. The molecule has 0 bridgehead atoms. The number of hydrogen-bond acceptors (Lipinski definition) is 6. The normalized spacial score (nSPS) is 17.5. The van der Waals surface area contributed by atoms with Gasteiger partial charge in [-0.15, -0.1) is 11.3 Å². The van der Waals surface area contributed by atoms with Crippen molar-refractivity contribution in [1.29, 1.82) is 0 Å². The monoisotopic (exact) mass is 417 g/mol. The molecule has 0 radical (unpaired) electrons. The van der Waals surface area contributed by atoms with Crippen molar-refractivity contribution in [1.82, 2.24) is 18.8 Å². The third-order valence-electron chi connectivity index (χ3n) is 5.40. The van der Waals surface area contributed by atoms with Crippen LogP contribution in [0.1, 0.15) is 24.1 Å². The van der Waals surface area contributed by atoms with Crippen LogP contribution in [0.4, 0.5) is 5.13 Å². The Morgan fingerprint density at radius 3 is 2.46 bits per heavy atom. The van der Waals surface area contributed by atoms with Crippen LogP contribution >= 0.6 is 11.3 Å². The van der Waals surface area contributed by atoms with E-state index in [-0.39, 0.29) is 10.4 Å². The molecule has 0 aliphatic carbocycles. The Morgan fingerprint density at radius 1 is 1.18 bits per heavy atom. The lowest BCUT2D eigenvalue weighted by Gasteiger charge is -2.40. The highest BCUT2D eigenvalue weighted by atomic mass is 32.2. The van der Waals surface area contributed by atoms with E-state index in [9.17, 15) is 8.42 Å². The summed E-state index contributed by atoms with van der Waals surface area (Å²) in [7, 11) is 0.0451. The Hall–Kier alpha value is -2.23. The van der Waals surface area contributed by atoms with Crippen LogP contribution in [0.25, 0.3) is 0 Å². The average Bonchev–Trinajstić information content (AvgIpc) is 3.38. The summed E-state index contributed by atoms with van der Waals surface area (Å²) in [5, 5.41) is 6.16. The minimum absolute atomic E-state index is 0.105. The second kappa shape index (κ2) is 7.31. The molecule has 0 saturated carbocycles. The van der Waals surface area contributed by atoms with Crippen molar-refractivity contribution >= 4 is 26.5 Å². The van der Waals surface area contributed by atoms with Gasteiger partial charge >= 0.3 is 0 Å². The zero-order valence-electron chi connectivity index (χ0n) is 15.9. The van der Waals surface area contributed by atoms with E-state index in [0.717, 1.165) is 10.8 Å². The number of thiazole rings is 1. The predicted octanol–water partition coefficient (Wildman–Crippen LogP) is 2.69. The van der Waals surface area contributed by atoms with Gasteiger partial charge in [0.1, 0.15) is 0 Å². The number of piperidine rings is 1. The lowest BCUT2D eigenvalue weighted by atomic mass is 9.71. The fourth-order valence-corrected chi connectivity index (χ4v) is 6.00. The van der Waals surface area contributed by atoms with Gasteiger partial charge in [-0.2, -0.15) is 4.31 Å². The first kappa shape index (κ1) is 19.1. The maximum atomic E-state index is 13.0. The van der Waals surface area contributed by atoms with Crippen LogP contribution < -0.4 is 5.32 Å². The van der Waals surface area contributed by atoms with E-state index in [4.69, 9.17) is 4.98 Å². The summed E-state index contributed by atoms with van der Waals surface area (Å²) >= 11 is 1.58. The van der Waals surface area contributed by atoms with Crippen molar-refractivity contribution in [3.63, 3.8) is 0 Å². The number of rotatable bonds is 5. The molecule has 0 unspecified atom stereocenters. The van der Waals surface area contributed by atoms with Crippen LogP contribution in [0.5, 0.6) is 0 Å². The first-order valence-electron chi connectivity index (χ1n) is 9.13. The van der Waals surface area contributed by atoms with Gasteiger partial charge in [0.2, 0.25) is 0 Å². The van der Waals surface area contributed by atoms with Gasteiger partial charge in [-0.1, -0.05) is 30.3 Å². The van der Waals surface area contributed by atoms with Crippen molar-refractivity contribution in [2.45, 2.75) is 23.3 Å². The molecule has 7 nitrogen and oxygen atoms in total. The number of aryl methyl sites for hydroxylation is 1. The highest BCUT2D eigenvalue weighted by Gasteiger charge is 2.43. The molecule has 148 valence electrons. The van der Waals surface area contributed by atoms with Crippen LogP contribution in [0.2, 0.25) is 0 Å². The van der Waals surface area contributed by atoms with Gasteiger partial charge < -0.3 is 9.88 Å².